The third kappa shape index (κ3) is 5.92. The first-order valence-electron chi connectivity index (χ1n) is 12.3. The molecule has 0 saturated carbocycles. The van der Waals surface area contributed by atoms with Crippen molar-refractivity contribution in [3.63, 3.8) is 0 Å². The lowest BCUT2D eigenvalue weighted by atomic mass is 10.0. The van der Waals surface area contributed by atoms with E-state index in [1.54, 1.807) is 35.7 Å². The number of amidine groups is 1. The van der Waals surface area contributed by atoms with Crippen LogP contribution in [0.5, 0.6) is 0 Å². The van der Waals surface area contributed by atoms with E-state index in [-0.39, 0.29) is 49.3 Å². The minimum Gasteiger partial charge on any atom is -0.384 e. The van der Waals surface area contributed by atoms with Gasteiger partial charge in [-0.15, -0.1) is 11.3 Å². The normalized spacial score (nSPS) is 17.9. The Bertz CT molecular complexity index is 1390. The van der Waals surface area contributed by atoms with Gasteiger partial charge in [-0.05, 0) is 42.0 Å². The Balaban J connectivity index is 1.23. The van der Waals surface area contributed by atoms with Gasteiger partial charge in [0.2, 0.25) is 11.8 Å². The third-order valence-electron chi connectivity index (χ3n) is 6.70. The van der Waals surface area contributed by atoms with Crippen LogP contribution in [0.15, 0.2) is 53.9 Å². The second-order valence-corrected chi connectivity index (χ2v) is 10.3. The number of nitrogens with two attached hydrogens (primary N) is 1. The molecule has 2 aromatic carbocycles. The zero-order valence-corrected chi connectivity index (χ0v) is 21.7. The number of rotatable bonds is 8. The molecule has 2 aliphatic rings. The van der Waals surface area contributed by atoms with Crippen LogP contribution >= 0.6 is 11.3 Å². The maximum Gasteiger partial charge on any atom is 0.243 e. The van der Waals surface area contributed by atoms with Gasteiger partial charge in [0.05, 0.1) is 32.8 Å². The van der Waals surface area contributed by atoms with Crippen LogP contribution in [0.4, 0.5) is 14.5 Å². The largest absolute Gasteiger partial charge is 0.384 e. The van der Waals surface area contributed by atoms with Crippen molar-refractivity contribution in [2.75, 3.05) is 31.6 Å². The average molecular weight is 556 g/mol. The predicted octanol–water partition coefficient (Wildman–Crippen LogP) is 3.05. The maximum absolute atomic E-state index is 14.1. The highest BCUT2D eigenvalue weighted by molar-refractivity contribution is 7.10. The number of nitrogens with zero attached hydrogens (tertiary/aromatic N) is 1. The zero-order chi connectivity index (χ0) is 27.6. The van der Waals surface area contributed by atoms with Gasteiger partial charge >= 0.3 is 0 Å². The molecule has 1 spiro atoms. The van der Waals surface area contributed by atoms with Gasteiger partial charge in [-0.2, -0.15) is 0 Å². The van der Waals surface area contributed by atoms with Gasteiger partial charge in [0.15, 0.2) is 5.79 Å². The van der Waals surface area contributed by atoms with E-state index in [4.69, 9.17) is 20.6 Å². The molecule has 39 heavy (non-hydrogen) atoms. The van der Waals surface area contributed by atoms with E-state index in [1.807, 2.05) is 0 Å². The van der Waals surface area contributed by atoms with Crippen LogP contribution in [0.2, 0.25) is 0 Å². The number of carbonyl (C=O) groups is 2. The highest BCUT2D eigenvalue weighted by Gasteiger charge is 2.52. The lowest BCUT2D eigenvalue weighted by Crippen LogP contribution is -2.47. The second-order valence-electron chi connectivity index (χ2n) is 9.34. The molecular formula is C27H27F2N5O4S. The summed E-state index contributed by atoms with van der Waals surface area (Å²) in [4.78, 5) is 28.7. The summed E-state index contributed by atoms with van der Waals surface area (Å²) in [6.45, 7) is 1.03. The molecule has 0 bridgehead atoms. The Morgan fingerprint density at radius 2 is 1.87 bits per heavy atom. The SMILES string of the molecule is N=C(N)c1csc(CNC(=O)C2CC3(CN2C(=O)CNc2ccc(-c4cc(F)ccc4F)cc2)OCCO3)c1. The van der Waals surface area contributed by atoms with Crippen LogP contribution < -0.4 is 16.4 Å². The van der Waals surface area contributed by atoms with Crippen molar-refractivity contribution in [2.45, 2.75) is 24.8 Å². The summed E-state index contributed by atoms with van der Waals surface area (Å²) >= 11 is 1.38. The molecule has 5 rings (SSSR count). The highest BCUT2D eigenvalue weighted by atomic mass is 32.1. The standard InChI is InChI=1S/C27H27F2N5O4S/c28-18-3-6-22(29)21(10-18)16-1-4-19(5-2-16)32-13-24(35)34-15-27(37-7-8-38-27)11-23(34)26(36)33-12-20-9-17(14-39-20)25(30)31/h1-6,9-10,14,23,32H,7-8,11-13,15H2,(H3,30,31)(H,33,36). The third-order valence-corrected chi connectivity index (χ3v) is 7.63. The topological polar surface area (TPSA) is 130 Å². The average Bonchev–Trinajstić information content (AvgIpc) is 3.68. The van der Waals surface area contributed by atoms with Crippen LogP contribution in [0.3, 0.4) is 0 Å². The molecule has 2 fully saturated rings. The number of benzene rings is 2. The fourth-order valence-corrected chi connectivity index (χ4v) is 5.54. The lowest BCUT2D eigenvalue weighted by molar-refractivity contribution is -0.151. The molecular weight excluding hydrogens is 528 g/mol. The summed E-state index contributed by atoms with van der Waals surface area (Å²) in [5, 5.41) is 15.2. The molecule has 9 nitrogen and oxygen atoms in total. The van der Waals surface area contributed by atoms with Gasteiger partial charge in [0, 0.05) is 33.5 Å². The number of hydrogen-bond acceptors (Lipinski definition) is 7. The molecule has 2 saturated heterocycles. The molecule has 3 heterocycles. The van der Waals surface area contributed by atoms with Gasteiger partial charge in [-0.1, -0.05) is 12.1 Å². The van der Waals surface area contributed by atoms with Crippen molar-refractivity contribution in [1.29, 1.82) is 5.41 Å². The molecule has 12 heteroatoms. The van der Waals surface area contributed by atoms with Crippen LogP contribution in [-0.4, -0.2) is 60.7 Å². The number of halogens is 2. The Kier molecular flexibility index (Phi) is 7.60. The Morgan fingerprint density at radius 3 is 2.56 bits per heavy atom. The summed E-state index contributed by atoms with van der Waals surface area (Å²) in [7, 11) is 0. The molecule has 204 valence electrons. The first kappa shape index (κ1) is 26.7. The van der Waals surface area contributed by atoms with Crippen molar-refractivity contribution in [1.82, 2.24) is 10.2 Å². The molecule has 0 aliphatic carbocycles. The van der Waals surface area contributed by atoms with E-state index in [1.165, 1.54) is 16.2 Å². The Hall–Kier alpha value is -3.87. The fraction of sp³-hybridized carbons (Fsp3) is 0.296. The number of likely N-dealkylation sites (tertiary alicyclic amines) is 1. The molecule has 1 unspecified atom stereocenters. The summed E-state index contributed by atoms with van der Waals surface area (Å²) in [5.41, 5.74) is 7.35. The van der Waals surface area contributed by atoms with E-state index in [0.717, 1.165) is 23.1 Å². The molecule has 3 aromatic rings. The van der Waals surface area contributed by atoms with Crippen molar-refractivity contribution >= 4 is 34.7 Å². The summed E-state index contributed by atoms with van der Waals surface area (Å²) in [5.74, 6) is -2.78. The van der Waals surface area contributed by atoms with Crippen LogP contribution in [-0.2, 0) is 25.6 Å². The second kappa shape index (κ2) is 11.1. The van der Waals surface area contributed by atoms with Crippen LogP contribution in [0, 0.1) is 17.0 Å². The van der Waals surface area contributed by atoms with Crippen LogP contribution in [0.25, 0.3) is 11.1 Å². The number of amides is 2. The fourth-order valence-electron chi connectivity index (χ4n) is 4.71. The highest BCUT2D eigenvalue weighted by Crippen LogP contribution is 2.35. The molecule has 2 aliphatic heterocycles. The number of ether oxygens (including phenoxy) is 2. The zero-order valence-electron chi connectivity index (χ0n) is 20.8. The van der Waals surface area contributed by atoms with Crippen molar-refractivity contribution in [3.8, 4) is 11.1 Å². The number of anilines is 1. The minimum atomic E-state index is -1.01. The van der Waals surface area contributed by atoms with E-state index in [0.29, 0.717) is 30.0 Å². The van der Waals surface area contributed by atoms with Gasteiger partial charge in [0.25, 0.3) is 0 Å². The summed E-state index contributed by atoms with van der Waals surface area (Å²) in [6, 6.07) is 10.8. The van der Waals surface area contributed by atoms with Crippen molar-refractivity contribution < 1.29 is 27.8 Å². The number of thiophene rings is 1. The van der Waals surface area contributed by atoms with Gasteiger partial charge in [0.1, 0.15) is 23.5 Å². The Morgan fingerprint density at radius 1 is 1.13 bits per heavy atom. The molecule has 1 atom stereocenters. The van der Waals surface area contributed by atoms with Gasteiger partial charge in [-0.25, -0.2) is 8.78 Å². The number of hydrogen-bond donors (Lipinski definition) is 4. The van der Waals surface area contributed by atoms with E-state index in [2.05, 4.69) is 10.6 Å². The minimum absolute atomic E-state index is 0.0443. The van der Waals surface area contributed by atoms with E-state index < -0.39 is 23.5 Å². The number of nitrogen functional groups attached to an aromatic ring is 1. The van der Waals surface area contributed by atoms with Gasteiger partial charge < -0.3 is 30.7 Å². The van der Waals surface area contributed by atoms with E-state index in [9.17, 15) is 18.4 Å². The maximum atomic E-state index is 14.1. The molecule has 1 aromatic heterocycles. The van der Waals surface area contributed by atoms with Gasteiger partial charge in [-0.3, -0.25) is 15.0 Å². The van der Waals surface area contributed by atoms with Crippen molar-refractivity contribution in [2.24, 2.45) is 5.73 Å². The summed E-state index contributed by atoms with van der Waals surface area (Å²) in [6.07, 6.45) is 0.210. The van der Waals surface area contributed by atoms with Crippen LogP contribution in [0.1, 0.15) is 16.9 Å². The number of carbonyl (C=O) groups excluding carboxylic acids is 2. The quantitative estimate of drug-likeness (QED) is 0.250. The first-order chi connectivity index (χ1) is 18.7. The smallest absolute Gasteiger partial charge is 0.243 e. The van der Waals surface area contributed by atoms with E-state index >= 15 is 0 Å². The number of nitrogens with one attached hydrogen (secondary N) is 3. The summed E-state index contributed by atoms with van der Waals surface area (Å²) < 4.78 is 39.2. The first-order valence-corrected chi connectivity index (χ1v) is 13.2. The Labute approximate surface area is 227 Å². The van der Waals surface area contributed by atoms with Crippen molar-refractivity contribution in [3.05, 3.63) is 76.0 Å². The lowest BCUT2D eigenvalue weighted by Gasteiger charge is -2.24. The monoisotopic (exact) mass is 555 g/mol. The molecule has 2 amide bonds. The molecule has 0 radical (unpaired) electrons. The molecule has 5 N–H and O–H groups in total. The predicted molar refractivity (Wildman–Crippen MR) is 142 cm³/mol.